The van der Waals surface area contributed by atoms with Crippen molar-refractivity contribution in [3.05, 3.63) is 0 Å². The van der Waals surface area contributed by atoms with E-state index in [0.29, 0.717) is 16.2 Å². The molecule has 3 fully saturated rings. The van der Waals surface area contributed by atoms with Crippen molar-refractivity contribution in [1.29, 1.82) is 0 Å². The van der Waals surface area contributed by atoms with Crippen molar-refractivity contribution < 1.29 is 29.7 Å². The van der Waals surface area contributed by atoms with Crippen LogP contribution in [-0.4, -0.2) is 52.9 Å². The summed E-state index contributed by atoms with van der Waals surface area (Å²) < 4.78 is 0. The van der Waals surface area contributed by atoms with E-state index in [2.05, 4.69) is 20.8 Å². The first-order valence-corrected chi connectivity index (χ1v) is 13.6. The Balaban J connectivity index is 0.000000271. The molecule has 9 heteroatoms. The lowest BCUT2D eigenvalue weighted by Gasteiger charge is -2.18. The minimum absolute atomic E-state index is 0.269. The van der Waals surface area contributed by atoms with Gasteiger partial charge in [-0.25, -0.2) is 0 Å². The van der Waals surface area contributed by atoms with Gasteiger partial charge in [-0.15, -0.1) is 0 Å². The molecule has 0 aromatic carbocycles. The zero-order chi connectivity index (χ0) is 27.6. The normalized spacial score (nSPS) is 21.8. The Bertz CT molecular complexity index is 716. The van der Waals surface area contributed by atoms with Gasteiger partial charge < -0.3 is 32.5 Å². The fourth-order valence-electron chi connectivity index (χ4n) is 5.01. The van der Waals surface area contributed by atoms with Crippen LogP contribution in [0.15, 0.2) is 0 Å². The Hall–Kier alpha value is -1.71. The van der Waals surface area contributed by atoms with Crippen molar-refractivity contribution in [1.82, 2.24) is 0 Å². The molecule has 0 aliphatic heterocycles. The highest BCUT2D eigenvalue weighted by Crippen LogP contribution is 2.54. The lowest BCUT2D eigenvalue weighted by molar-refractivity contribution is -0.143. The molecule has 3 aliphatic carbocycles. The van der Waals surface area contributed by atoms with Gasteiger partial charge >= 0.3 is 17.9 Å². The molecule has 0 bridgehead atoms. The summed E-state index contributed by atoms with van der Waals surface area (Å²) in [7, 11) is 0. The maximum atomic E-state index is 10.8. The summed E-state index contributed by atoms with van der Waals surface area (Å²) in [5.41, 5.74) is 17.1. The van der Waals surface area contributed by atoms with Gasteiger partial charge in [0.1, 0.15) is 0 Å². The van der Waals surface area contributed by atoms with Gasteiger partial charge in [-0.05, 0) is 80.5 Å². The van der Waals surface area contributed by atoms with Crippen molar-refractivity contribution in [2.75, 3.05) is 19.6 Å². The molecular formula is C27H51N3O6. The van der Waals surface area contributed by atoms with Crippen LogP contribution in [0.4, 0.5) is 0 Å². The van der Waals surface area contributed by atoms with E-state index in [4.69, 9.17) is 32.5 Å². The summed E-state index contributed by atoms with van der Waals surface area (Å²) in [5, 5.41) is 26.3. The van der Waals surface area contributed by atoms with Gasteiger partial charge in [-0.3, -0.25) is 14.4 Å². The average Bonchev–Trinajstić information content (AvgIpc) is 3.74. The minimum atomic E-state index is -0.749. The van der Waals surface area contributed by atoms with Crippen LogP contribution in [0.3, 0.4) is 0 Å². The predicted molar refractivity (Wildman–Crippen MR) is 140 cm³/mol. The van der Waals surface area contributed by atoms with Crippen LogP contribution >= 0.6 is 0 Å². The van der Waals surface area contributed by atoms with Gasteiger partial charge in [0, 0.05) is 19.6 Å². The standard InChI is InChI=1S/C10H19NO2.C9H17NO2.C8H15NO2/c1-2-3-10(4-5-10)6-8(7-11)9(12)13;1-2-9(3-4-9)5-7(6-10)8(11)12;1-8(2-3-8)4-6(5-9)7(10)11/h8H,2-7,11H2,1H3,(H,12,13);7H,2-6,10H2,1H3,(H,11,12);6H,2-5,9H2,1H3,(H,10,11). The van der Waals surface area contributed by atoms with Crippen LogP contribution in [0.2, 0.25) is 0 Å². The monoisotopic (exact) mass is 513 g/mol. The van der Waals surface area contributed by atoms with Gasteiger partial charge in [0.25, 0.3) is 0 Å². The second-order valence-electron chi connectivity index (χ2n) is 11.8. The molecule has 0 heterocycles. The fraction of sp³-hybridized carbons (Fsp3) is 0.889. The van der Waals surface area contributed by atoms with Crippen LogP contribution in [0.1, 0.15) is 97.8 Å². The van der Waals surface area contributed by atoms with Crippen molar-refractivity contribution >= 4 is 17.9 Å². The molecule has 0 radical (unpaired) electrons. The smallest absolute Gasteiger partial charge is 0.307 e. The molecule has 9 N–H and O–H groups in total. The summed E-state index contributed by atoms with van der Waals surface area (Å²) in [6, 6.07) is 0. The van der Waals surface area contributed by atoms with Crippen LogP contribution in [0.25, 0.3) is 0 Å². The fourth-order valence-corrected chi connectivity index (χ4v) is 5.01. The molecule has 3 aliphatic rings. The third-order valence-electron chi connectivity index (χ3n) is 8.55. The topological polar surface area (TPSA) is 190 Å². The maximum Gasteiger partial charge on any atom is 0.307 e. The second-order valence-corrected chi connectivity index (χ2v) is 11.8. The SMILES string of the molecule is CC1(CC(CN)C(=O)O)CC1.CCC1(CC(CN)C(=O)O)CC1.CCCC1(CC(CN)C(=O)O)CC1. The van der Waals surface area contributed by atoms with E-state index in [-0.39, 0.29) is 37.4 Å². The molecule has 210 valence electrons. The van der Waals surface area contributed by atoms with Crippen molar-refractivity contribution in [2.45, 2.75) is 97.8 Å². The number of carboxylic acids is 3. The van der Waals surface area contributed by atoms with E-state index in [9.17, 15) is 14.4 Å². The molecule has 3 rings (SSSR count). The van der Waals surface area contributed by atoms with E-state index in [1.54, 1.807) is 0 Å². The molecule has 9 nitrogen and oxygen atoms in total. The Kier molecular flexibility index (Phi) is 12.8. The highest BCUT2D eigenvalue weighted by atomic mass is 16.4. The molecule has 0 spiro atoms. The molecule has 0 amide bonds. The molecule has 3 saturated carbocycles. The number of aliphatic carboxylic acids is 3. The molecule has 3 unspecified atom stereocenters. The molecule has 0 aromatic rings. The molecular weight excluding hydrogens is 462 g/mol. The first-order chi connectivity index (χ1) is 16.8. The lowest BCUT2D eigenvalue weighted by atomic mass is 9.88. The number of hydrogen-bond acceptors (Lipinski definition) is 6. The Labute approximate surface area is 216 Å². The van der Waals surface area contributed by atoms with E-state index >= 15 is 0 Å². The third kappa shape index (κ3) is 11.1. The summed E-state index contributed by atoms with van der Waals surface area (Å²) in [5.74, 6) is -3.20. The number of hydrogen-bond donors (Lipinski definition) is 6. The van der Waals surface area contributed by atoms with Gasteiger partial charge in [-0.2, -0.15) is 0 Å². The Morgan fingerprint density at radius 1 is 0.667 bits per heavy atom. The summed E-state index contributed by atoms with van der Waals surface area (Å²) >= 11 is 0. The van der Waals surface area contributed by atoms with Crippen LogP contribution in [0.5, 0.6) is 0 Å². The molecule has 36 heavy (non-hydrogen) atoms. The Morgan fingerprint density at radius 3 is 1.28 bits per heavy atom. The maximum absolute atomic E-state index is 10.8. The number of carbonyl (C=O) groups is 3. The second kappa shape index (κ2) is 14.3. The lowest BCUT2D eigenvalue weighted by Crippen LogP contribution is -2.26. The number of rotatable bonds is 15. The molecule has 3 atom stereocenters. The van der Waals surface area contributed by atoms with Crippen LogP contribution < -0.4 is 17.2 Å². The third-order valence-corrected chi connectivity index (χ3v) is 8.55. The van der Waals surface area contributed by atoms with Gasteiger partial charge in [0.2, 0.25) is 0 Å². The number of nitrogens with two attached hydrogens (primary N) is 3. The summed E-state index contributed by atoms with van der Waals surface area (Å²) in [6.45, 7) is 7.22. The van der Waals surface area contributed by atoms with Crippen molar-refractivity contribution in [3.8, 4) is 0 Å². The highest BCUT2D eigenvalue weighted by molar-refractivity contribution is 5.71. The van der Waals surface area contributed by atoms with Crippen LogP contribution in [-0.2, 0) is 14.4 Å². The molecule has 0 aromatic heterocycles. The van der Waals surface area contributed by atoms with Gasteiger partial charge in [0.05, 0.1) is 17.8 Å². The first-order valence-electron chi connectivity index (χ1n) is 13.6. The summed E-state index contributed by atoms with van der Waals surface area (Å²) in [4.78, 5) is 32.0. The van der Waals surface area contributed by atoms with E-state index < -0.39 is 17.9 Å². The highest BCUT2D eigenvalue weighted by Gasteiger charge is 2.44. The van der Waals surface area contributed by atoms with Gasteiger partial charge in [0.15, 0.2) is 0 Å². The first kappa shape index (κ1) is 32.3. The van der Waals surface area contributed by atoms with E-state index in [1.807, 2.05) is 0 Å². The summed E-state index contributed by atoms with van der Waals surface area (Å²) in [6.07, 6.45) is 12.8. The van der Waals surface area contributed by atoms with E-state index in [0.717, 1.165) is 51.4 Å². The van der Waals surface area contributed by atoms with Gasteiger partial charge in [-0.1, -0.05) is 33.6 Å². The van der Waals surface area contributed by atoms with Crippen LogP contribution in [0, 0.1) is 34.0 Å². The zero-order valence-corrected chi connectivity index (χ0v) is 22.6. The van der Waals surface area contributed by atoms with Crippen molar-refractivity contribution in [3.63, 3.8) is 0 Å². The quantitative estimate of drug-likeness (QED) is 0.190. The average molecular weight is 514 g/mol. The van der Waals surface area contributed by atoms with E-state index in [1.165, 1.54) is 25.7 Å². The number of carboxylic acid groups (broad SMARTS) is 3. The minimum Gasteiger partial charge on any atom is -0.481 e. The predicted octanol–water partition coefficient (Wildman–Crippen LogP) is 3.68. The molecule has 0 saturated heterocycles. The van der Waals surface area contributed by atoms with Crippen molar-refractivity contribution in [2.24, 2.45) is 51.2 Å². The Morgan fingerprint density at radius 2 is 1.03 bits per heavy atom. The zero-order valence-electron chi connectivity index (χ0n) is 22.6. The largest absolute Gasteiger partial charge is 0.481 e.